The van der Waals surface area contributed by atoms with Crippen LogP contribution in [0.3, 0.4) is 0 Å². The Balaban J connectivity index is 4.46. The smallest absolute Gasteiger partial charge is 0.306 e. The first-order chi connectivity index (χ1) is 33.6. The average Bonchev–Trinajstić information content (AvgIpc) is 3.34. The van der Waals surface area contributed by atoms with Gasteiger partial charge in [-0.3, -0.25) is 9.59 Å². The molecule has 1 atom stereocenters. The molecule has 68 heavy (non-hydrogen) atoms. The van der Waals surface area contributed by atoms with Gasteiger partial charge in [0.1, 0.15) is 6.61 Å². The van der Waals surface area contributed by atoms with E-state index in [0.29, 0.717) is 19.4 Å². The highest BCUT2D eigenvalue weighted by Gasteiger charge is 2.17. The van der Waals surface area contributed by atoms with Crippen LogP contribution in [-0.2, 0) is 23.8 Å². The predicted octanol–water partition coefficient (Wildman–Crippen LogP) is 19.1. The highest BCUT2D eigenvalue weighted by Crippen LogP contribution is 2.14. The number of unbranched alkanes of at least 4 members (excludes halogenated alkanes) is 16. The summed E-state index contributed by atoms with van der Waals surface area (Å²) in [4.78, 5) is 25.5. The summed E-state index contributed by atoms with van der Waals surface area (Å²) in [5, 5.41) is 0. The van der Waals surface area contributed by atoms with Crippen LogP contribution in [0.1, 0.15) is 226 Å². The van der Waals surface area contributed by atoms with Crippen LogP contribution in [0.4, 0.5) is 0 Å². The number of hydrogen-bond donors (Lipinski definition) is 0. The first-order valence-electron chi connectivity index (χ1n) is 27.7. The first-order valence-corrected chi connectivity index (χ1v) is 27.7. The molecule has 5 heteroatoms. The van der Waals surface area contributed by atoms with Gasteiger partial charge in [0.25, 0.3) is 0 Å². The van der Waals surface area contributed by atoms with Gasteiger partial charge in [-0.05, 0) is 116 Å². The van der Waals surface area contributed by atoms with Gasteiger partial charge in [-0.15, -0.1) is 0 Å². The van der Waals surface area contributed by atoms with E-state index in [1.54, 1.807) is 0 Å². The molecule has 0 aromatic carbocycles. The normalized spacial score (nSPS) is 13.3. The van der Waals surface area contributed by atoms with Gasteiger partial charge in [0.05, 0.1) is 6.61 Å². The van der Waals surface area contributed by atoms with Gasteiger partial charge in [0, 0.05) is 19.4 Å². The quantitative estimate of drug-likeness (QED) is 0.0345. The molecule has 0 saturated heterocycles. The molecule has 0 fully saturated rings. The SMILES string of the molecule is CC/C=C\C/C=C\C/C=C\C/C=C\C/C=C\C/C=C\CCC(=O)OCC(COCCC/C=C\C/C=C\C/C=C\C/C=C\CC)OC(=O)CCCCCCCCCCC/C=C\CCCCCCCC. The molecule has 0 amide bonds. The molecule has 0 spiro atoms. The van der Waals surface area contributed by atoms with Crippen molar-refractivity contribution in [2.75, 3.05) is 19.8 Å². The van der Waals surface area contributed by atoms with Crippen molar-refractivity contribution < 1.29 is 23.8 Å². The molecular formula is C63H102O5. The van der Waals surface area contributed by atoms with Gasteiger partial charge in [0.2, 0.25) is 0 Å². The van der Waals surface area contributed by atoms with Crippen molar-refractivity contribution >= 4 is 11.9 Å². The molecule has 0 aliphatic carbocycles. The van der Waals surface area contributed by atoms with Gasteiger partial charge < -0.3 is 14.2 Å². The molecule has 0 heterocycles. The van der Waals surface area contributed by atoms with Crippen molar-refractivity contribution in [3.05, 3.63) is 134 Å². The maximum absolute atomic E-state index is 12.8. The van der Waals surface area contributed by atoms with Crippen LogP contribution >= 0.6 is 0 Å². The van der Waals surface area contributed by atoms with E-state index < -0.39 is 6.10 Å². The average molecular weight is 940 g/mol. The monoisotopic (exact) mass is 939 g/mol. The van der Waals surface area contributed by atoms with Crippen molar-refractivity contribution in [2.24, 2.45) is 0 Å². The highest BCUT2D eigenvalue weighted by molar-refractivity contribution is 5.70. The summed E-state index contributed by atoms with van der Waals surface area (Å²) in [6.45, 7) is 7.37. The molecule has 1 unspecified atom stereocenters. The Kier molecular flexibility index (Phi) is 54.0. The third-order valence-corrected chi connectivity index (χ3v) is 11.2. The zero-order valence-corrected chi connectivity index (χ0v) is 44.1. The van der Waals surface area contributed by atoms with Gasteiger partial charge in [-0.2, -0.15) is 0 Å². The number of ether oxygens (including phenoxy) is 3. The van der Waals surface area contributed by atoms with Crippen molar-refractivity contribution in [3.8, 4) is 0 Å². The second kappa shape index (κ2) is 57.4. The molecule has 0 N–H and O–H groups in total. The number of esters is 2. The highest BCUT2D eigenvalue weighted by atomic mass is 16.6. The van der Waals surface area contributed by atoms with E-state index in [4.69, 9.17) is 14.2 Å². The van der Waals surface area contributed by atoms with E-state index in [1.807, 2.05) is 6.08 Å². The molecule has 0 saturated carbocycles. The van der Waals surface area contributed by atoms with E-state index in [9.17, 15) is 9.59 Å². The van der Waals surface area contributed by atoms with Crippen molar-refractivity contribution in [1.82, 2.24) is 0 Å². The summed E-state index contributed by atoms with van der Waals surface area (Å²) < 4.78 is 17.3. The zero-order chi connectivity index (χ0) is 49.2. The van der Waals surface area contributed by atoms with Crippen LogP contribution < -0.4 is 0 Å². The van der Waals surface area contributed by atoms with Crippen molar-refractivity contribution in [2.45, 2.75) is 232 Å². The van der Waals surface area contributed by atoms with Crippen LogP contribution in [0.2, 0.25) is 0 Å². The first kappa shape index (κ1) is 64.0. The molecular weight excluding hydrogens is 837 g/mol. The number of allylic oxidation sites excluding steroid dienone is 22. The van der Waals surface area contributed by atoms with Crippen LogP contribution in [0.5, 0.6) is 0 Å². The maximum atomic E-state index is 12.8. The van der Waals surface area contributed by atoms with Crippen LogP contribution in [0.15, 0.2) is 134 Å². The van der Waals surface area contributed by atoms with E-state index in [0.717, 1.165) is 96.3 Å². The van der Waals surface area contributed by atoms with Crippen LogP contribution in [-0.4, -0.2) is 37.9 Å². The summed E-state index contributed by atoms with van der Waals surface area (Å²) in [6, 6.07) is 0. The molecule has 0 bridgehead atoms. The molecule has 0 aliphatic heterocycles. The fraction of sp³-hybridized carbons (Fsp3) is 0.619. The summed E-state index contributed by atoms with van der Waals surface area (Å²) in [5.74, 6) is -0.533. The summed E-state index contributed by atoms with van der Waals surface area (Å²) in [5.41, 5.74) is 0. The summed E-state index contributed by atoms with van der Waals surface area (Å²) >= 11 is 0. The molecule has 384 valence electrons. The summed E-state index contributed by atoms with van der Waals surface area (Å²) in [7, 11) is 0. The van der Waals surface area contributed by atoms with Crippen molar-refractivity contribution in [1.29, 1.82) is 0 Å². The number of rotatable bonds is 49. The standard InChI is InChI=1S/C63H102O5/c1-4-7-10-13-16-19-22-25-28-30-32-34-36-38-41-44-47-50-53-56-62(64)67-60-61(59-66-58-55-52-49-46-43-40-27-24-21-18-15-12-9-6-3)68-63(65)57-54-51-48-45-42-39-37-35-33-31-29-26-23-20-17-14-11-8-5-2/h7,9-10,12,16,18-19,21,25-29,32,34,38,40-41,46-47,49-50,61H,4-6,8,11,13-15,17,20,22-24,30-31,33,35-37,39,42-45,48,51-60H2,1-3H3/b10-7-,12-9-,19-16-,21-18-,28-25-,29-26-,34-32-,40-27-,41-38-,49-46-,50-47-. The Labute approximate surface area is 419 Å². The maximum Gasteiger partial charge on any atom is 0.306 e. The van der Waals surface area contributed by atoms with Crippen LogP contribution in [0.25, 0.3) is 0 Å². The predicted molar refractivity (Wildman–Crippen MR) is 297 cm³/mol. The molecule has 0 aromatic rings. The number of hydrogen-bond acceptors (Lipinski definition) is 5. The third kappa shape index (κ3) is 54.6. The Morgan fingerprint density at radius 3 is 1.13 bits per heavy atom. The third-order valence-electron chi connectivity index (χ3n) is 11.2. The van der Waals surface area contributed by atoms with E-state index in [-0.39, 0.29) is 31.6 Å². The molecule has 5 nitrogen and oxygen atoms in total. The van der Waals surface area contributed by atoms with Gasteiger partial charge in [0.15, 0.2) is 6.10 Å². The lowest BCUT2D eigenvalue weighted by atomic mass is 10.1. The Bertz CT molecular complexity index is 1430. The Hall–Kier alpha value is -3.96. The lowest BCUT2D eigenvalue weighted by Crippen LogP contribution is -2.30. The minimum atomic E-state index is -0.606. The van der Waals surface area contributed by atoms with Gasteiger partial charge in [-0.25, -0.2) is 0 Å². The molecule has 0 aromatic heterocycles. The van der Waals surface area contributed by atoms with E-state index in [2.05, 4.69) is 148 Å². The molecule has 0 rings (SSSR count). The Morgan fingerprint density at radius 2 is 0.691 bits per heavy atom. The fourth-order valence-electron chi connectivity index (χ4n) is 7.12. The summed E-state index contributed by atoms with van der Waals surface area (Å²) in [6.07, 6.45) is 82.1. The lowest BCUT2D eigenvalue weighted by molar-refractivity contribution is -0.162. The zero-order valence-electron chi connectivity index (χ0n) is 44.1. The topological polar surface area (TPSA) is 61.8 Å². The Morgan fingerprint density at radius 1 is 0.338 bits per heavy atom. The minimum absolute atomic E-state index is 0.0146. The largest absolute Gasteiger partial charge is 0.462 e. The number of carbonyl (C=O) groups is 2. The van der Waals surface area contributed by atoms with Gasteiger partial charge in [-0.1, -0.05) is 231 Å². The van der Waals surface area contributed by atoms with E-state index in [1.165, 1.54) is 89.9 Å². The molecule has 0 radical (unpaired) electrons. The second-order valence-electron chi connectivity index (χ2n) is 17.7. The minimum Gasteiger partial charge on any atom is -0.462 e. The van der Waals surface area contributed by atoms with Crippen LogP contribution in [0, 0.1) is 0 Å². The van der Waals surface area contributed by atoms with Gasteiger partial charge >= 0.3 is 11.9 Å². The van der Waals surface area contributed by atoms with E-state index >= 15 is 0 Å². The van der Waals surface area contributed by atoms with Crippen molar-refractivity contribution in [3.63, 3.8) is 0 Å². The fourth-order valence-corrected chi connectivity index (χ4v) is 7.12. The number of carbonyl (C=O) groups excluding carboxylic acids is 2. The lowest BCUT2D eigenvalue weighted by Gasteiger charge is -2.18. The molecule has 0 aliphatic rings. The second-order valence-corrected chi connectivity index (χ2v) is 17.7.